The normalized spacial score (nSPS) is 16.6. The molecule has 4 heteroatoms. The Balaban J connectivity index is 2.13. The number of ketones is 1. The molecule has 0 aliphatic carbocycles. The van der Waals surface area contributed by atoms with Crippen LogP contribution >= 0.6 is 11.8 Å². The molecule has 1 aromatic rings. The molecule has 0 radical (unpaired) electrons. The van der Waals surface area contributed by atoms with Crippen LogP contribution in [-0.2, 0) is 10.5 Å². The number of hydrogen-bond donors (Lipinski definition) is 1. The lowest BCUT2D eigenvalue weighted by Crippen LogP contribution is -2.47. The Bertz CT molecular complexity index is 542. The molecule has 1 N–H and O–H groups in total. The van der Waals surface area contributed by atoms with Crippen LogP contribution in [0, 0.1) is 26.2 Å². The highest BCUT2D eigenvalue weighted by Gasteiger charge is 2.37. The van der Waals surface area contributed by atoms with E-state index in [1.165, 1.54) is 11.1 Å². The van der Waals surface area contributed by atoms with Crippen LogP contribution in [0.2, 0.25) is 0 Å². The van der Waals surface area contributed by atoms with Crippen LogP contribution < -0.4 is 0 Å². The third-order valence-electron chi connectivity index (χ3n) is 4.29. The highest BCUT2D eigenvalue weighted by Crippen LogP contribution is 2.34. The molecule has 0 unspecified atom stereocenters. The predicted octanol–water partition coefficient (Wildman–Crippen LogP) is 3.06. The van der Waals surface area contributed by atoms with Crippen molar-refractivity contribution in [3.05, 3.63) is 33.9 Å². The average Bonchev–Trinajstić information content (AvgIpc) is 2.35. The van der Waals surface area contributed by atoms with Gasteiger partial charge >= 0.3 is 0 Å². The zero-order valence-corrected chi connectivity index (χ0v) is 14.1. The maximum atomic E-state index is 11.8. The van der Waals surface area contributed by atoms with Crippen molar-refractivity contribution in [3.63, 3.8) is 0 Å². The summed E-state index contributed by atoms with van der Waals surface area (Å²) in [5.41, 5.74) is 5.47. The van der Waals surface area contributed by atoms with Gasteiger partial charge in [-0.25, -0.2) is 0 Å². The largest absolute Gasteiger partial charge is 0.396 e. The topological polar surface area (TPSA) is 46.5 Å². The molecule has 1 saturated heterocycles. The third-order valence-corrected chi connectivity index (χ3v) is 5.60. The van der Waals surface area contributed by atoms with Gasteiger partial charge in [0, 0.05) is 22.5 Å². The maximum absolute atomic E-state index is 11.8. The van der Waals surface area contributed by atoms with E-state index in [0.717, 1.165) is 28.2 Å². The molecule has 3 nitrogen and oxygen atoms in total. The molecule has 1 aliphatic heterocycles. The second-order valence-corrected chi connectivity index (χ2v) is 7.17. The van der Waals surface area contributed by atoms with Gasteiger partial charge in [-0.05, 0) is 49.9 Å². The second-order valence-electron chi connectivity index (χ2n) is 6.19. The van der Waals surface area contributed by atoms with Crippen molar-refractivity contribution in [3.8, 4) is 0 Å². The van der Waals surface area contributed by atoms with E-state index in [4.69, 9.17) is 4.74 Å². The molecule has 1 fully saturated rings. The first-order valence-corrected chi connectivity index (χ1v) is 8.42. The number of carbonyl (C=O) groups is 1. The van der Waals surface area contributed by atoms with Crippen molar-refractivity contribution in [2.45, 2.75) is 33.4 Å². The third kappa shape index (κ3) is 3.33. The van der Waals surface area contributed by atoms with Gasteiger partial charge in [0.15, 0.2) is 5.78 Å². The summed E-state index contributed by atoms with van der Waals surface area (Å²) in [4.78, 5) is 11.8. The summed E-state index contributed by atoms with van der Waals surface area (Å²) in [5.74, 6) is 1.90. The number of hydrogen-bond acceptors (Lipinski definition) is 4. The van der Waals surface area contributed by atoms with E-state index in [2.05, 4.69) is 13.0 Å². The lowest BCUT2D eigenvalue weighted by atomic mass is 9.90. The monoisotopic (exact) mass is 308 g/mol. The summed E-state index contributed by atoms with van der Waals surface area (Å²) in [5, 5.41) is 9.46. The molecule has 0 aromatic heterocycles. The Kier molecular flexibility index (Phi) is 5.12. The number of rotatable bonds is 6. The van der Waals surface area contributed by atoms with E-state index in [9.17, 15) is 9.90 Å². The van der Waals surface area contributed by atoms with Crippen molar-refractivity contribution < 1.29 is 14.6 Å². The number of ether oxygens (including phenoxy) is 1. The van der Waals surface area contributed by atoms with Gasteiger partial charge in [-0.2, -0.15) is 11.8 Å². The van der Waals surface area contributed by atoms with Gasteiger partial charge in [0.1, 0.15) is 0 Å². The molecule has 1 aliphatic rings. The van der Waals surface area contributed by atoms with E-state index >= 15 is 0 Å². The predicted molar refractivity (Wildman–Crippen MR) is 87.2 cm³/mol. The van der Waals surface area contributed by atoms with Gasteiger partial charge in [-0.1, -0.05) is 6.07 Å². The summed E-state index contributed by atoms with van der Waals surface area (Å²) in [6, 6.07) is 2.11. The van der Waals surface area contributed by atoms with Gasteiger partial charge in [0.25, 0.3) is 0 Å². The van der Waals surface area contributed by atoms with E-state index in [0.29, 0.717) is 13.2 Å². The molecule has 2 rings (SSSR count). The minimum Gasteiger partial charge on any atom is -0.396 e. The Morgan fingerprint density at radius 3 is 2.48 bits per heavy atom. The molecule has 0 spiro atoms. The highest BCUT2D eigenvalue weighted by atomic mass is 32.2. The molecule has 0 bridgehead atoms. The number of thioether (sulfide) groups is 1. The number of aryl methyl sites for hydroxylation is 2. The van der Waals surface area contributed by atoms with Crippen LogP contribution in [0.3, 0.4) is 0 Å². The van der Waals surface area contributed by atoms with Crippen LogP contribution in [0.25, 0.3) is 0 Å². The Labute approximate surface area is 131 Å². The molecule has 0 amide bonds. The van der Waals surface area contributed by atoms with Crippen molar-refractivity contribution in [2.75, 3.05) is 25.6 Å². The van der Waals surface area contributed by atoms with Gasteiger partial charge in [0.05, 0.1) is 19.8 Å². The summed E-state index contributed by atoms with van der Waals surface area (Å²) >= 11 is 1.82. The second kappa shape index (κ2) is 6.51. The molecule has 21 heavy (non-hydrogen) atoms. The first kappa shape index (κ1) is 16.5. The number of carbonyl (C=O) groups excluding carboxylic acids is 1. The number of benzene rings is 1. The van der Waals surface area contributed by atoms with E-state index in [1.54, 1.807) is 6.92 Å². The lowest BCUT2D eigenvalue weighted by Gasteiger charge is -2.39. The highest BCUT2D eigenvalue weighted by molar-refractivity contribution is 7.98. The fraction of sp³-hybridized carbons (Fsp3) is 0.588. The van der Waals surface area contributed by atoms with Gasteiger partial charge in [0.2, 0.25) is 0 Å². The smallest absolute Gasteiger partial charge is 0.160 e. The van der Waals surface area contributed by atoms with E-state index < -0.39 is 0 Å². The number of Topliss-reactive ketones (excluding diaryl/α,β-unsaturated/α-hetero) is 1. The van der Waals surface area contributed by atoms with Crippen molar-refractivity contribution in [2.24, 2.45) is 5.41 Å². The fourth-order valence-corrected chi connectivity index (χ4v) is 4.41. The molecule has 0 atom stereocenters. The molecule has 1 aromatic carbocycles. The van der Waals surface area contributed by atoms with Crippen LogP contribution in [0.5, 0.6) is 0 Å². The quantitative estimate of drug-likeness (QED) is 0.821. The fourth-order valence-electron chi connectivity index (χ4n) is 2.97. The minimum atomic E-state index is -0.0550. The molecule has 1 heterocycles. The van der Waals surface area contributed by atoms with Gasteiger partial charge < -0.3 is 9.84 Å². The van der Waals surface area contributed by atoms with Gasteiger partial charge in [-0.15, -0.1) is 0 Å². The number of aliphatic hydroxyl groups excluding tert-OH is 1. The Hall–Kier alpha value is -0.840. The lowest BCUT2D eigenvalue weighted by molar-refractivity contribution is -0.121. The first-order chi connectivity index (χ1) is 9.90. The van der Waals surface area contributed by atoms with Crippen molar-refractivity contribution in [1.82, 2.24) is 0 Å². The van der Waals surface area contributed by atoms with Gasteiger partial charge in [-0.3, -0.25) is 4.79 Å². The molecular formula is C17H24O3S. The van der Waals surface area contributed by atoms with Crippen LogP contribution in [0.15, 0.2) is 6.07 Å². The molecule has 116 valence electrons. The summed E-state index contributed by atoms with van der Waals surface area (Å²) in [6.45, 7) is 9.27. The summed E-state index contributed by atoms with van der Waals surface area (Å²) < 4.78 is 5.23. The van der Waals surface area contributed by atoms with Crippen LogP contribution in [0.1, 0.15) is 39.5 Å². The van der Waals surface area contributed by atoms with Crippen LogP contribution in [-0.4, -0.2) is 36.5 Å². The average molecular weight is 308 g/mol. The van der Waals surface area contributed by atoms with Crippen LogP contribution in [0.4, 0.5) is 0 Å². The van der Waals surface area contributed by atoms with Crippen molar-refractivity contribution >= 4 is 17.5 Å². The summed E-state index contributed by atoms with van der Waals surface area (Å²) in [6.07, 6.45) is 0. The van der Waals surface area contributed by atoms with E-state index in [-0.39, 0.29) is 17.8 Å². The minimum absolute atomic E-state index is 0.0550. The molecular weight excluding hydrogens is 284 g/mol. The SMILES string of the molecule is CC(=O)c1c(C)cc(C)c(CSCC2(CO)COC2)c1C. The zero-order chi connectivity index (χ0) is 15.6. The van der Waals surface area contributed by atoms with E-state index in [1.807, 2.05) is 25.6 Å². The Morgan fingerprint density at radius 1 is 1.33 bits per heavy atom. The maximum Gasteiger partial charge on any atom is 0.160 e. The molecule has 0 saturated carbocycles. The summed E-state index contributed by atoms with van der Waals surface area (Å²) in [7, 11) is 0. The first-order valence-electron chi connectivity index (χ1n) is 7.27. The standard InChI is InChI=1S/C17H24O3S/c1-11-5-12(2)16(14(4)19)13(3)15(11)6-21-10-17(7-18)8-20-9-17/h5,18H,6-10H2,1-4H3. The Morgan fingerprint density at radius 2 is 2.00 bits per heavy atom. The van der Waals surface area contributed by atoms with Crippen molar-refractivity contribution in [1.29, 1.82) is 0 Å². The number of aliphatic hydroxyl groups is 1. The zero-order valence-electron chi connectivity index (χ0n) is 13.3.